The number of benzene rings is 3. The van der Waals surface area contributed by atoms with Crippen molar-refractivity contribution >= 4 is 29.3 Å². The summed E-state index contributed by atoms with van der Waals surface area (Å²) in [6, 6.07) is 25.8. The summed E-state index contributed by atoms with van der Waals surface area (Å²) in [5.74, 6) is 0.926. The van der Waals surface area contributed by atoms with Gasteiger partial charge in [0.25, 0.3) is 0 Å². The summed E-state index contributed by atoms with van der Waals surface area (Å²) in [5.41, 5.74) is 3.43. The van der Waals surface area contributed by atoms with E-state index in [0.717, 1.165) is 17.3 Å². The van der Waals surface area contributed by atoms with Gasteiger partial charge in [-0.25, -0.2) is 9.88 Å². The molecule has 8 nitrogen and oxygen atoms in total. The molecule has 2 heterocycles. The minimum absolute atomic E-state index is 0.0184. The number of thioether (sulfide) groups is 1. The first-order chi connectivity index (χ1) is 19.5. The number of methoxy groups -OCH3 is 3. The largest absolute Gasteiger partial charge is 0.497 e. The van der Waals surface area contributed by atoms with E-state index in [1.165, 1.54) is 4.90 Å². The van der Waals surface area contributed by atoms with Crippen LogP contribution in [0.1, 0.15) is 12.0 Å². The molecule has 0 radical (unpaired) electrons. The van der Waals surface area contributed by atoms with Gasteiger partial charge in [-0.1, -0.05) is 54.2 Å². The highest BCUT2D eigenvalue weighted by atomic mass is 32.2. The smallest absolute Gasteiger partial charge is 0.247 e. The molecule has 1 aromatic heterocycles. The lowest BCUT2D eigenvalue weighted by molar-refractivity contribution is -0.121. The normalized spacial score (nSPS) is 14.7. The Morgan fingerprint density at radius 2 is 1.65 bits per heavy atom. The molecule has 200 valence electrons. The number of pyridine rings is 1. The SMILES string of the molecule is COc1ccc(N2C(=O)C[C@H](Sc3nc(-c4ccccc4)cc(-c4cccc(OC)c4OC)c3C#N)C2=O)cc1. The van der Waals surface area contributed by atoms with E-state index >= 15 is 0 Å². The van der Waals surface area contributed by atoms with Crippen molar-refractivity contribution in [2.75, 3.05) is 26.2 Å². The number of para-hydroxylation sites is 1. The molecule has 4 aromatic rings. The Hall–Kier alpha value is -4.81. The van der Waals surface area contributed by atoms with Gasteiger partial charge in [-0.15, -0.1) is 0 Å². The van der Waals surface area contributed by atoms with Crippen molar-refractivity contribution in [3.63, 3.8) is 0 Å². The number of hydrogen-bond donors (Lipinski definition) is 0. The summed E-state index contributed by atoms with van der Waals surface area (Å²) in [5, 5.41) is 9.94. The number of hydrogen-bond acceptors (Lipinski definition) is 8. The Labute approximate surface area is 236 Å². The molecular weight excluding hydrogens is 526 g/mol. The Balaban J connectivity index is 1.60. The van der Waals surface area contributed by atoms with Crippen LogP contribution in [0.4, 0.5) is 5.69 Å². The minimum Gasteiger partial charge on any atom is -0.497 e. The molecule has 1 atom stereocenters. The molecule has 0 saturated carbocycles. The van der Waals surface area contributed by atoms with Gasteiger partial charge in [0.05, 0.1) is 43.5 Å². The second kappa shape index (κ2) is 11.5. The Kier molecular flexibility index (Phi) is 7.71. The summed E-state index contributed by atoms with van der Waals surface area (Å²) in [4.78, 5) is 32.4. The van der Waals surface area contributed by atoms with Gasteiger partial charge in [0.1, 0.15) is 16.8 Å². The lowest BCUT2D eigenvalue weighted by Gasteiger charge is -2.18. The molecule has 5 rings (SSSR count). The molecule has 0 unspecified atom stereocenters. The second-order valence-corrected chi connectivity index (χ2v) is 10.0. The Morgan fingerprint density at radius 3 is 2.30 bits per heavy atom. The van der Waals surface area contributed by atoms with Gasteiger partial charge in [0, 0.05) is 23.1 Å². The van der Waals surface area contributed by atoms with E-state index in [0.29, 0.717) is 44.8 Å². The van der Waals surface area contributed by atoms with Gasteiger partial charge in [-0.2, -0.15) is 5.26 Å². The number of rotatable bonds is 8. The van der Waals surface area contributed by atoms with Gasteiger partial charge in [0.15, 0.2) is 11.5 Å². The molecule has 1 fully saturated rings. The van der Waals surface area contributed by atoms with Gasteiger partial charge in [-0.3, -0.25) is 9.59 Å². The van der Waals surface area contributed by atoms with Crippen LogP contribution >= 0.6 is 11.8 Å². The molecule has 0 bridgehead atoms. The second-order valence-electron chi connectivity index (χ2n) is 8.83. The first-order valence-electron chi connectivity index (χ1n) is 12.4. The fraction of sp³-hybridized carbons (Fsp3) is 0.161. The standard InChI is InChI=1S/C31H25N3O5S/c1-37-21-14-12-20(13-15-21)34-28(35)17-27(31(34)36)40-30-24(18-32)23(16-25(33-30)19-8-5-4-6-9-19)22-10-7-11-26(38-2)29(22)39-3/h4-16,27H,17H2,1-3H3/t27-/m0/s1. The molecule has 0 aliphatic carbocycles. The predicted molar refractivity (Wildman–Crippen MR) is 153 cm³/mol. The lowest BCUT2D eigenvalue weighted by atomic mass is 9.98. The predicted octanol–water partition coefficient (Wildman–Crippen LogP) is 5.74. The third kappa shape index (κ3) is 4.97. The zero-order valence-electron chi connectivity index (χ0n) is 22.1. The number of imide groups is 1. The number of aromatic nitrogens is 1. The van der Waals surface area contributed by atoms with Crippen molar-refractivity contribution in [1.29, 1.82) is 5.26 Å². The highest BCUT2D eigenvalue weighted by Gasteiger charge is 2.41. The van der Waals surface area contributed by atoms with E-state index in [2.05, 4.69) is 6.07 Å². The van der Waals surface area contributed by atoms with Crippen LogP contribution in [0.25, 0.3) is 22.4 Å². The van der Waals surface area contributed by atoms with Crippen molar-refractivity contribution in [2.24, 2.45) is 0 Å². The average molecular weight is 552 g/mol. The van der Waals surface area contributed by atoms with Crippen LogP contribution in [0.3, 0.4) is 0 Å². The van der Waals surface area contributed by atoms with Crippen LogP contribution in [0, 0.1) is 11.3 Å². The number of carbonyl (C=O) groups is 2. The topological polar surface area (TPSA) is 102 Å². The number of amides is 2. The van der Waals surface area contributed by atoms with Crippen molar-refractivity contribution < 1.29 is 23.8 Å². The highest BCUT2D eigenvalue weighted by Crippen LogP contribution is 2.44. The molecule has 3 aromatic carbocycles. The van der Waals surface area contributed by atoms with E-state index in [1.807, 2.05) is 48.5 Å². The number of nitrogens with zero attached hydrogens (tertiary/aromatic N) is 3. The fourth-order valence-electron chi connectivity index (χ4n) is 4.62. The Morgan fingerprint density at radius 1 is 0.900 bits per heavy atom. The van der Waals surface area contributed by atoms with Crippen molar-refractivity contribution in [3.8, 4) is 45.7 Å². The number of anilines is 1. The molecule has 40 heavy (non-hydrogen) atoms. The van der Waals surface area contributed by atoms with Crippen LogP contribution in [0.2, 0.25) is 0 Å². The molecular formula is C31H25N3O5S. The maximum absolute atomic E-state index is 13.5. The van der Waals surface area contributed by atoms with Gasteiger partial charge >= 0.3 is 0 Å². The molecule has 1 aliphatic rings. The third-order valence-electron chi connectivity index (χ3n) is 6.55. The van der Waals surface area contributed by atoms with E-state index in [4.69, 9.17) is 19.2 Å². The first-order valence-corrected chi connectivity index (χ1v) is 13.3. The molecule has 2 amide bonds. The molecule has 1 saturated heterocycles. The van der Waals surface area contributed by atoms with Crippen molar-refractivity contribution in [2.45, 2.75) is 16.7 Å². The zero-order chi connectivity index (χ0) is 28.2. The van der Waals surface area contributed by atoms with E-state index in [1.54, 1.807) is 51.7 Å². The lowest BCUT2D eigenvalue weighted by Crippen LogP contribution is -2.31. The van der Waals surface area contributed by atoms with E-state index in [9.17, 15) is 14.9 Å². The van der Waals surface area contributed by atoms with Crippen LogP contribution in [0.5, 0.6) is 17.2 Å². The van der Waals surface area contributed by atoms with Crippen LogP contribution in [-0.4, -0.2) is 43.4 Å². The van der Waals surface area contributed by atoms with Crippen LogP contribution in [-0.2, 0) is 9.59 Å². The Bertz CT molecular complexity index is 1620. The van der Waals surface area contributed by atoms with Crippen LogP contribution in [0.15, 0.2) is 83.9 Å². The monoisotopic (exact) mass is 551 g/mol. The molecule has 0 spiro atoms. The van der Waals surface area contributed by atoms with Crippen molar-refractivity contribution in [1.82, 2.24) is 4.98 Å². The van der Waals surface area contributed by atoms with E-state index in [-0.39, 0.29) is 23.8 Å². The number of ether oxygens (including phenoxy) is 3. The van der Waals surface area contributed by atoms with Crippen molar-refractivity contribution in [3.05, 3.63) is 84.4 Å². The maximum Gasteiger partial charge on any atom is 0.247 e. The van der Waals surface area contributed by atoms with E-state index < -0.39 is 5.25 Å². The summed E-state index contributed by atoms with van der Waals surface area (Å²) in [6.07, 6.45) is -0.0184. The van der Waals surface area contributed by atoms with Crippen LogP contribution < -0.4 is 19.1 Å². The first kappa shape index (κ1) is 26.8. The molecule has 9 heteroatoms. The number of nitriles is 1. The quantitative estimate of drug-likeness (QED) is 0.256. The van der Waals surface area contributed by atoms with Gasteiger partial charge in [-0.05, 0) is 36.4 Å². The third-order valence-corrected chi connectivity index (χ3v) is 7.72. The summed E-state index contributed by atoms with van der Waals surface area (Å²) >= 11 is 1.12. The molecule has 1 aliphatic heterocycles. The summed E-state index contributed by atoms with van der Waals surface area (Å²) in [7, 11) is 4.64. The maximum atomic E-state index is 13.5. The highest BCUT2D eigenvalue weighted by molar-refractivity contribution is 8.00. The summed E-state index contributed by atoms with van der Waals surface area (Å²) < 4.78 is 16.4. The average Bonchev–Trinajstić information content (AvgIpc) is 3.28. The summed E-state index contributed by atoms with van der Waals surface area (Å²) in [6.45, 7) is 0. The van der Waals surface area contributed by atoms with Gasteiger partial charge < -0.3 is 14.2 Å². The molecule has 0 N–H and O–H groups in total. The number of carbonyl (C=O) groups excluding carboxylic acids is 2. The van der Waals surface area contributed by atoms with Gasteiger partial charge in [0.2, 0.25) is 11.8 Å². The minimum atomic E-state index is -0.750. The fourth-order valence-corrected chi connectivity index (χ4v) is 5.74. The zero-order valence-corrected chi connectivity index (χ0v) is 22.9.